The second-order valence-electron chi connectivity index (χ2n) is 6.12. The number of Topliss-reactive ketones (excluding diaryl/α,β-unsaturated/α-hetero) is 1. The zero-order valence-electron chi connectivity index (χ0n) is 10.7. The molecule has 1 spiro atoms. The Morgan fingerprint density at radius 3 is 2.53 bits per heavy atom. The van der Waals surface area contributed by atoms with Gasteiger partial charge in [-0.15, -0.1) is 0 Å². The highest BCUT2D eigenvalue weighted by atomic mass is 16.5. The fourth-order valence-corrected chi connectivity index (χ4v) is 3.58. The molecule has 96 valence electrons. The van der Waals surface area contributed by atoms with Crippen LogP contribution in [0.5, 0.6) is 0 Å². The number of ether oxygens (including phenoxy) is 2. The van der Waals surface area contributed by atoms with Gasteiger partial charge < -0.3 is 9.47 Å². The van der Waals surface area contributed by atoms with Gasteiger partial charge >= 0.3 is 0 Å². The molecule has 3 rings (SSSR count). The average molecular weight is 238 g/mol. The molecule has 0 aromatic carbocycles. The summed E-state index contributed by atoms with van der Waals surface area (Å²) in [6, 6.07) is 0. The molecule has 0 bridgehead atoms. The van der Waals surface area contributed by atoms with Gasteiger partial charge in [-0.25, -0.2) is 0 Å². The van der Waals surface area contributed by atoms with Crippen molar-refractivity contribution in [3.05, 3.63) is 0 Å². The molecule has 17 heavy (non-hydrogen) atoms. The van der Waals surface area contributed by atoms with Crippen molar-refractivity contribution in [2.45, 2.75) is 63.1 Å². The number of hydrogen-bond acceptors (Lipinski definition) is 3. The third-order valence-corrected chi connectivity index (χ3v) is 4.87. The number of ketones is 1. The van der Waals surface area contributed by atoms with Crippen molar-refractivity contribution < 1.29 is 14.3 Å². The number of carbonyl (C=O) groups is 1. The summed E-state index contributed by atoms with van der Waals surface area (Å²) in [5, 5.41) is 0. The molecule has 0 N–H and O–H groups in total. The summed E-state index contributed by atoms with van der Waals surface area (Å²) >= 11 is 0. The van der Waals surface area contributed by atoms with Gasteiger partial charge in [-0.1, -0.05) is 0 Å². The minimum Gasteiger partial charge on any atom is -0.375 e. The van der Waals surface area contributed by atoms with E-state index in [1.54, 1.807) is 0 Å². The van der Waals surface area contributed by atoms with Crippen molar-refractivity contribution in [1.82, 2.24) is 0 Å². The van der Waals surface area contributed by atoms with Crippen molar-refractivity contribution in [3.8, 4) is 0 Å². The summed E-state index contributed by atoms with van der Waals surface area (Å²) in [7, 11) is 0. The first-order chi connectivity index (χ1) is 8.14. The highest BCUT2D eigenvalue weighted by Crippen LogP contribution is 2.45. The molecule has 1 aliphatic carbocycles. The van der Waals surface area contributed by atoms with E-state index < -0.39 is 5.60 Å². The molecule has 2 atom stereocenters. The molecule has 1 saturated carbocycles. The van der Waals surface area contributed by atoms with E-state index in [-0.39, 0.29) is 11.5 Å². The van der Waals surface area contributed by atoms with Gasteiger partial charge in [0.15, 0.2) is 5.78 Å². The molecule has 0 aromatic heterocycles. The van der Waals surface area contributed by atoms with Crippen LogP contribution < -0.4 is 0 Å². The quantitative estimate of drug-likeness (QED) is 0.741. The van der Waals surface area contributed by atoms with Crippen LogP contribution in [0.3, 0.4) is 0 Å². The lowest BCUT2D eigenvalue weighted by Gasteiger charge is -2.47. The molecule has 0 radical (unpaired) electrons. The lowest BCUT2D eigenvalue weighted by Crippen LogP contribution is -2.50. The fourth-order valence-electron chi connectivity index (χ4n) is 3.58. The predicted molar refractivity (Wildman–Crippen MR) is 63.9 cm³/mol. The molecule has 3 nitrogen and oxygen atoms in total. The van der Waals surface area contributed by atoms with Crippen LogP contribution in [0, 0.1) is 5.92 Å². The molecule has 2 unspecified atom stereocenters. The highest BCUT2D eigenvalue weighted by molar-refractivity contribution is 5.89. The predicted octanol–water partition coefficient (Wildman–Crippen LogP) is 2.47. The Morgan fingerprint density at radius 2 is 1.94 bits per heavy atom. The molecule has 2 heterocycles. The van der Waals surface area contributed by atoms with Crippen molar-refractivity contribution in [2.75, 3.05) is 13.2 Å². The molecule has 3 aliphatic rings. The molecule has 3 fully saturated rings. The lowest BCUT2D eigenvalue weighted by atomic mass is 9.69. The van der Waals surface area contributed by atoms with Crippen molar-refractivity contribution in [3.63, 3.8) is 0 Å². The fraction of sp³-hybridized carbons (Fsp3) is 0.929. The maximum atomic E-state index is 12.6. The molecular formula is C14H22O3. The third-order valence-electron chi connectivity index (χ3n) is 4.87. The van der Waals surface area contributed by atoms with Gasteiger partial charge in [0, 0.05) is 19.1 Å². The van der Waals surface area contributed by atoms with Gasteiger partial charge in [-0.05, 0) is 51.9 Å². The second-order valence-corrected chi connectivity index (χ2v) is 6.12. The van der Waals surface area contributed by atoms with E-state index >= 15 is 0 Å². The first-order valence-electron chi connectivity index (χ1n) is 6.96. The minimum absolute atomic E-state index is 0.0630. The topological polar surface area (TPSA) is 35.5 Å². The van der Waals surface area contributed by atoms with Crippen LogP contribution in [0.1, 0.15) is 51.9 Å². The van der Waals surface area contributed by atoms with E-state index in [0.717, 1.165) is 51.7 Å². The summed E-state index contributed by atoms with van der Waals surface area (Å²) in [6.07, 6.45) is 7.30. The molecule has 2 aliphatic heterocycles. The highest BCUT2D eigenvalue weighted by Gasteiger charge is 2.48. The van der Waals surface area contributed by atoms with Crippen LogP contribution in [0.25, 0.3) is 0 Å². The minimum atomic E-state index is -0.493. The first-order valence-corrected chi connectivity index (χ1v) is 6.96. The van der Waals surface area contributed by atoms with Crippen LogP contribution in [0.4, 0.5) is 0 Å². The van der Waals surface area contributed by atoms with E-state index in [9.17, 15) is 4.79 Å². The molecule has 0 amide bonds. The SMILES string of the molecule is CC1(C(=O)C2CCOC3(CCC3)C2)CCCO1. The Labute approximate surface area is 103 Å². The number of rotatable bonds is 2. The van der Waals surface area contributed by atoms with Gasteiger partial charge in [-0.3, -0.25) is 4.79 Å². The summed E-state index contributed by atoms with van der Waals surface area (Å²) < 4.78 is 11.6. The molecular weight excluding hydrogens is 216 g/mol. The summed E-state index contributed by atoms with van der Waals surface area (Å²) in [5.74, 6) is 0.511. The van der Waals surface area contributed by atoms with Gasteiger partial charge in [0.1, 0.15) is 5.60 Å². The molecule has 0 aromatic rings. The first kappa shape index (κ1) is 11.7. The Hall–Kier alpha value is -0.410. The summed E-state index contributed by atoms with van der Waals surface area (Å²) in [4.78, 5) is 12.6. The maximum Gasteiger partial charge on any atom is 0.167 e. The van der Waals surface area contributed by atoms with Gasteiger partial charge in [0.2, 0.25) is 0 Å². The second kappa shape index (κ2) is 4.06. The Kier molecular flexibility index (Phi) is 2.79. The monoisotopic (exact) mass is 238 g/mol. The van der Waals surface area contributed by atoms with E-state index in [4.69, 9.17) is 9.47 Å². The Balaban J connectivity index is 1.69. The number of carbonyl (C=O) groups excluding carboxylic acids is 1. The van der Waals surface area contributed by atoms with Crippen LogP contribution in [0.2, 0.25) is 0 Å². The Bertz CT molecular complexity index is 313. The normalized spacial score (nSPS) is 40.2. The van der Waals surface area contributed by atoms with E-state index in [1.165, 1.54) is 6.42 Å². The molecule has 3 heteroatoms. The lowest BCUT2D eigenvalue weighted by molar-refractivity contribution is -0.166. The maximum absolute atomic E-state index is 12.6. The van der Waals surface area contributed by atoms with E-state index in [0.29, 0.717) is 5.78 Å². The smallest absolute Gasteiger partial charge is 0.167 e. The van der Waals surface area contributed by atoms with E-state index in [1.807, 2.05) is 6.92 Å². The number of hydrogen-bond donors (Lipinski definition) is 0. The van der Waals surface area contributed by atoms with Crippen molar-refractivity contribution in [1.29, 1.82) is 0 Å². The zero-order valence-corrected chi connectivity index (χ0v) is 10.7. The average Bonchev–Trinajstić information content (AvgIpc) is 2.75. The summed E-state index contributed by atoms with van der Waals surface area (Å²) in [5.41, 5.74) is -0.430. The van der Waals surface area contributed by atoms with Gasteiger partial charge in [0.05, 0.1) is 5.60 Å². The van der Waals surface area contributed by atoms with Crippen molar-refractivity contribution >= 4 is 5.78 Å². The zero-order chi connectivity index (χ0) is 11.9. The van der Waals surface area contributed by atoms with Crippen LogP contribution in [-0.2, 0) is 14.3 Å². The van der Waals surface area contributed by atoms with Crippen LogP contribution in [0.15, 0.2) is 0 Å². The van der Waals surface area contributed by atoms with Gasteiger partial charge in [-0.2, -0.15) is 0 Å². The van der Waals surface area contributed by atoms with Crippen molar-refractivity contribution in [2.24, 2.45) is 5.92 Å². The third kappa shape index (κ3) is 1.93. The van der Waals surface area contributed by atoms with E-state index in [2.05, 4.69) is 0 Å². The van der Waals surface area contributed by atoms with Crippen LogP contribution >= 0.6 is 0 Å². The molecule has 2 saturated heterocycles. The largest absolute Gasteiger partial charge is 0.375 e. The van der Waals surface area contributed by atoms with Crippen LogP contribution in [-0.4, -0.2) is 30.2 Å². The Morgan fingerprint density at radius 1 is 1.12 bits per heavy atom. The summed E-state index contributed by atoms with van der Waals surface area (Å²) in [6.45, 7) is 3.48. The standard InChI is InChI=1S/C14H22O3/c1-13(5-3-8-16-13)12(15)11-4-9-17-14(10-11)6-2-7-14/h11H,2-10H2,1H3. The van der Waals surface area contributed by atoms with Gasteiger partial charge in [0.25, 0.3) is 0 Å².